The standard InChI is InChI=1S/C25H32N6O/c32-22-13-11-20(12-14-22)15-16-26-23-28-24(27-19-21-9-5-4-6-10-21)30-25(29-23)31-17-7-2-1-3-8-18-31/h4-6,9-14,32H,1-3,7-8,15-19H2,(H2,26,27,28,29,30). The van der Waals surface area contributed by atoms with E-state index in [1.165, 1.54) is 37.7 Å². The van der Waals surface area contributed by atoms with Gasteiger partial charge in [-0.05, 0) is 42.5 Å². The van der Waals surface area contributed by atoms with Gasteiger partial charge in [-0.1, -0.05) is 61.7 Å². The van der Waals surface area contributed by atoms with Crippen LogP contribution in [0, 0.1) is 0 Å². The monoisotopic (exact) mass is 432 g/mol. The predicted molar refractivity (Wildman–Crippen MR) is 129 cm³/mol. The zero-order valence-corrected chi connectivity index (χ0v) is 18.5. The lowest BCUT2D eigenvalue weighted by atomic mass is 10.1. The van der Waals surface area contributed by atoms with Crippen LogP contribution in [-0.4, -0.2) is 39.7 Å². The highest BCUT2D eigenvalue weighted by atomic mass is 16.3. The molecule has 2 aromatic carbocycles. The first kappa shape index (κ1) is 21.9. The smallest absolute Gasteiger partial charge is 0.231 e. The van der Waals surface area contributed by atoms with Gasteiger partial charge in [0.05, 0.1) is 0 Å². The van der Waals surface area contributed by atoms with Crippen molar-refractivity contribution in [3.05, 3.63) is 65.7 Å². The molecule has 3 aromatic rings. The van der Waals surface area contributed by atoms with Gasteiger partial charge < -0.3 is 20.6 Å². The van der Waals surface area contributed by atoms with E-state index in [0.29, 0.717) is 25.0 Å². The first-order valence-electron chi connectivity index (χ1n) is 11.6. The molecule has 168 valence electrons. The van der Waals surface area contributed by atoms with Crippen LogP contribution < -0.4 is 15.5 Å². The first-order valence-corrected chi connectivity index (χ1v) is 11.6. The largest absolute Gasteiger partial charge is 0.508 e. The molecule has 0 saturated carbocycles. The number of phenols is 1. The second-order valence-electron chi connectivity index (χ2n) is 8.22. The molecule has 1 saturated heterocycles. The van der Waals surface area contributed by atoms with Gasteiger partial charge >= 0.3 is 0 Å². The molecule has 1 aliphatic rings. The molecule has 7 nitrogen and oxygen atoms in total. The van der Waals surface area contributed by atoms with Crippen LogP contribution in [0.4, 0.5) is 17.8 Å². The van der Waals surface area contributed by atoms with Crippen LogP contribution in [0.2, 0.25) is 0 Å². The van der Waals surface area contributed by atoms with Crippen molar-refractivity contribution in [1.82, 2.24) is 15.0 Å². The van der Waals surface area contributed by atoms with Crippen molar-refractivity contribution in [2.45, 2.75) is 45.1 Å². The quantitative estimate of drug-likeness (QED) is 0.479. The van der Waals surface area contributed by atoms with E-state index >= 15 is 0 Å². The maximum Gasteiger partial charge on any atom is 0.231 e. The van der Waals surface area contributed by atoms with Crippen molar-refractivity contribution in [3.8, 4) is 5.75 Å². The fourth-order valence-electron chi connectivity index (χ4n) is 3.87. The summed E-state index contributed by atoms with van der Waals surface area (Å²) < 4.78 is 0. The number of nitrogens with zero attached hydrogens (tertiary/aromatic N) is 4. The van der Waals surface area contributed by atoms with Gasteiger partial charge in [0.25, 0.3) is 0 Å². The van der Waals surface area contributed by atoms with Gasteiger partial charge in [0, 0.05) is 26.2 Å². The summed E-state index contributed by atoms with van der Waals surface area (Å²) in [7, 11) is 0. The molecule has 0 amide bonds. The van der Waals surface area contributed by atoms with E-state index in [4.69, 9.17) is 9.97 Å². The molecule has 0 radical (unpaired) electrons. The molecule has 1 aromatic heterocycles. The Kier molecular flexibility index (Phi) is 7.74. The van der Waals surface area contributed by atoms with Gasteiger partial charge in [-0.3, -0.25) is 0 Å². The summed E-state index contributed by atoms with van der Waals surface area (Å²) in [4.78, 5) is 16.4. The normalized spacial score (nSPS) is 14.4. The van der Waals surface area contributed by atoms with Crippen molar-refractivity contribution >= 4 is 17.8 Å². The topological polar surface area (TPSA) is 86.2 Å². The Morgan fingerprint density at radius 2 is 1.38 bits per heavy atom. The van der Waals surface area contributed by atoms with E-state index in [2.05, 4.69) is 32.7 Å². The molecule has 0 aliphatic carbocycles. The number of aromatic nitrogens is 3. The lowest BCUT2D eigenvalue weighted by Crippen LogP contribution is -2.29. The van der Waals surface area contributed by atoms with Crippen LogP contribution in [0.3, 0.4) is 0 Å². The van der Waals surface area contributed by atoms with Gasteiger partial charge in [-0.2, -0.15) is 15.0 Å². The third kappa shape index (κ3) is 6.57. The van der Waals surface area contributed by atoms with E-state index in [1.54, 1.807) is 12.1 Å². The Balaban J connectivity index is 1.47. The van der Waals surface area contributed by atoms with Gasteiger partial charge in [-0.15, -0.1) is 0 Å². The highest BCUT2D eigenvalue weighted by Gasteiger charge is 2.15. The summed E-state index contributed by atoms with van der Waals surface area (Å²) in [6.07, 6.45) is 7.00. The maximum absolute atomic E-state index is 9.46. The summed E-state index contributed by atoms with van der Waals surface area (Å²) >= 11 is 0. The summed E-state index contributed by atoms with van der Waals surface area (Å²) in [5, 5.41) is 16.2. The zero-order chi connectivity index (χ0) is 22.0. The first-order chi connectivity index (χ1) is 15.8. The summed E-state index contributed by atoms with van der Waals surface area (Å²) in [6, 6.07) is 17.6. The highest BCUT2D eigenvalue weighted by molar-refractivity contribution is 5.44. The van der Waals surface area contributed by atoms with Gasteiger partial charge in [0.1, 0.15) is 5.75 Å². The molecule has 32 heavy (non-hydrogen) atoms. The minimum Gasteiger partial charge on any atom is -0.508 e. The Morgan fingerprint density at radius 1 is 0.719 bits per heavy atom. The SMILES string of the molecule is Oc1ccc(CCNc2nc(NCc3ccccc3)nc(N3CCCCCCC3)n2)cc1. The molecular weight excluding hydrogens is 400 g/mol. The van der Waals surface area contributed by atoms with Crippen molar-refractivity contribution in [2.24, 2.45) is 0 Å². The lowest BCUT2D eigenvalue weighted by Gasteiger charge is -2.25. The average Bonchev–Trinajstić information content (AvgIpc) is 2.79. The second kappa shape index (κ2) is 11.3. The minimum absolute atomic E-state index is 0.284. The molecule has 0 spiro atoms. The van der Waals surface area contributed by atoms with Crippen LogP contribution in [0.25, 0.3) is 0 Å². The fraction of sp³-hybridized carbons (Fsp3) is 0.400. The fourth-order valence-corrected chi connectivity index (χ4v) is 3.87. The van der Waals surface area contributed by atoms with Crippen LogP contribution >= 0.6 is 0 Å². The van der Waals surface area contributed by atoms with Crippen molar-refractivity contribution in [2.75, 3.05) is 35.2 Å². The number of aromatic hydroxyl groups is 1. The van der Waals surface area contributed by atoms with Crippen LogP contribution in [0.1, 0.15) is 43.2 Å². The number of phenolic OH excluding ortho intramolecular Hbond substituents is 1. The molecule has 7 heteroatoms. The molecule has 0 atom stereocenters. The van der Waals surface area contributed by atoms with E-state index in [9.17, 15) is 5.11 Å². The Morgan fingerprint density at radius 3 is 2.09 bits per heavy atom. The Hall–Kier alpha value is -3.35. The van der Waals surface area contributed by atoms with E-state index < -0.39 is 0 Å². The Bertz CT molecular complexity index is 956. The number of hydrogen-bond acceptors (Lipinski definition) is 7. The summed E-state index contributed by atoms with van der Waals surface area (Å²) in [5.41, 5.74) is 2.33. The maximum atomic E-state index is 9.46. The van der Waals surface area contributed by atoms with Crippen molar-refractivity contribution in [3.63, 3.8) is 0 Å². The molecule has 1 fully saturated rings. The second-order valence-corrected chi connectivity index (χ2v) is 8.22. The zero-order valence-electron chi connectivity index (χ0n) is 18.5. The molecule has 4 rings (SSSR count). The summed E-state index contributed by atoms with van der Waals surface area (Å²) in [5.74, 6) is 2.20. The van der Waals surface area contributed by atoms with Crippen LogP contribution in [-0.2, 0) is 13.0 Å². The number of rotatable bonds is 8. The van der Waals surface area contributed by atoms with Crippen LogP contribution in [0.5, 0.6) is 5.75 Å². The third-order valence-corrected chi connectivity index (χ3v) is 5.69. The lowest BCUT2D eigenvalue weighted by molar-refractivity contribution is 0.475. The minimum atomic E-state index is 0.284. The van der Waals surface area contributed by atoms with Gasteiger partial charge in [0.15, 0.2) is 0 Å². The average molecular weight is 433 g/mol. The van der Waals surface area contributed by atoms with Crippen LogP contribution in [0.15, 0.2) is 54.6 Å². The number of hydrogen-bond donors (Lipinski definition) is 3. The molecular formula is C25H32N6O. The molecule has 0 unspecified atom stereocenters. The van der Waals surface area contributed by atoms with Gasteiger partial charge in [0.2, 0.25) is 17.8 Å². The molecule has 3 N–H and O–H groups in total. The van der Waals surface area contributed by atoms with Crippen molar-refractivity contribution in [1.29, 1.82) is 0 Å². The van der Waals surface area contributed by atoms with E-state index in [0.717, 1.165) is 31.0 Å². The van der Waals surface area contributed by atoms with Crippen molar-refractivity contribution < 1.29 is 5.11 Å². The van der Waals surface area contributed by atoms with E-state index in [1.807, 2.05) is 30.3 Å². The third-order valence-electron chi connectivity index (χ3n) is 5.69. The Labute approximate surface area is 190 Å². The number of benzene rings is 2. The highest BCUT2D eigenvalue weighted by Crippen LogP contribution is 2.19. The number of anilines is 3. The number of nitrogens with one attached hydrogen (secondary N) is 2. The van der Waals surface area contributed by atoms with E-state index in [-0.39, 0.29) is 5.75 Å². The summed E-state index contributed by atoms with van der Waals surface area (Å²) in [6.45, 7) is 3.33. The molecule has 2 heterocycles. The molecule has 0 bridgehead atoms. The molecule has 1 aliphatic heterocycles. The predicted octanol–water partition coefficient (Wildman–Crippen LogP) is 4.61. The van der Waals surface area contributed by atoms with Gasteiger partial charge in [-0.25, -0.2) is 0 Å².